The molecule has 7 nitrogen and oxygen atoms in total. The highest BCUT2D eigenvalue weighted by molar-refractivity contribution is 7.89. The standard InChI is InChI=1S/C20H21ClN4O3S/c1-3-24(4-2)29(27,28)19-14-16(9-10-18(19)21)23-20(26)15-7-5-8-17(13-15)25-12-6-11-22-25/h5-14H,3-4H2,1-2H3,(H,23,26). The molecule has 3 aromatic rings. The van der Waals surface area contributed by atoms with Gasteiger partial charge in [-0.2, -0.15) is 9.40 Å². The number of amides is 1. The van der Waals surface area contributed by atoms with Gasteiger partial charge in [0.2, 0.25) is 10.0 Å². The Hall–Kier alpha value is -2.68. The van der Waals surface area contributed by atoms with Gasteiger partial charge in [-0.1, -0.05) is 31.5 Å². The topological polar surface area (TPSA) is 84.3 Å². The minimum absolute atomic E-state index is 0.0361. The van der Waals surface area contributed by atoms with E-state index in [1.165, 1.54) is 16.4 Å². The predicted octanol–water partition coefficient (Wildman–Crippen LogP) is 3.81. The van der Waals surface area contributed by atoms with E-state index >= 15 is 0 Å². The van der Waals surface area contributed by atoms with Crippen molar-refractivity contribution in [1.29, 1.82) is 0 Å². The van der Waals surface area contributed by atoms with Gasteiger partial charge in [-0.05, 0) is 42.5 Å². The third-order valence-corrected chi connectivity index (χ3v) is 6.92. The maximum atomic E-state index is 12.8. The van der Waals surface area contributed by atoms with E-state index < -0.39 is 10.0 Å². The first-order valence-electron chi connectivity index (χ1n) is 9.08. The first kappa shape index (κ1) is 21.0. The molecular weight excluding hydrogens is 412 g/mol. The summed E-state index contributed by atoms with van der Waals surface area (Å²) in [5.41, 5.74) is 1.50. The second-order valence-corrected chi connectivity index (χ2v) is 8.50. The number of nitrogens with one attached hydrogen (secondary N) is 1. The number of hydrogen-bond acceptors (Lipinski definition) is 4. The summed E-state index contributed by atoms with van der Waals surface area (Å²) in [6, 6.07) is 13.2. The first-order chi connectivity index (χ1) is 13.9. The third kappa shape index (κ3) is 4.50. The van der Waals surface area contributed by atoms with Crippen molar-refractivity contribution in [3.05, 3.63) is 71.5 Å². The lowest BCUT2D eigenvalue weighted by atomic mass is 10.2. The molecule has 1 amide bonds. The normalized spacial score (nSPS) is 11.6. The van der Waals surface area contributed by atoms with Crippen LogP contribution in [0.15, 0.2) is 65.8 Å². The first-order valence-corrected chi connectivity index (χ1v) is 10.9. The Bertz CT molecular complexity index is 1110. The van der Waals surface area contributed by atoms with E-state index in [1.54, 1.807) is 61.3 Å². The van der Waals surface area contributed by atoms with Gasteiger partial charge < -0.3 is 5.32 Å². The van der Waals surface area contributed by atoms with Crippen molar-refractivity contribution >= 4 is 33.2 Å². The molecule has 0 saturated carbocycles. The average molecular weight is 433 g/mol. The van der Waals surface area contributed by atoms with Gasteiger partial charge in [-0.15, -0.1) is 0 Å². The van der Waals surface area contributed by atoms with Crippen LogP contribution < -0.4 is 5.32 Å². The zero-order valence-corrected chi connectivity index (χ0v) is 17.6. The number of sulfonamides is 1. The second kappa shape index (κ2) is 8.77. The molecule has 0 radical (unpaired) electrons. The van der Waals surface area contributed by atoms with Gasteiger partial charge in [0.25, 0.3) is 5.91 Å². The molecule has 0 saturated heterocycles. The number of carbonyl (C=O) groups is 1. The van der Waals surface area contributed by atoms with E-state index in [9.17, 15) is 13.2 Å². The Balaban J connectivity index is 1.88. The Kier molecular flexibility index (Phi) is 6.36. The lowest BCUT2D eigenvalue weighted by Gasteiger charge is -2.19. The number of nitrogens with zero attached hydrogens (tertiary/aromatic N) is 3. The maximum absolute atomic E-state index is 12.8. The molecule has 0 bridgehead atoms. The average Bonchev–Trinajstić information content (AvgIpc) is 3.25. The van der Waals surface area contributed by atoms with Crippen LogP contribution in [0.3, 0.4) is 0 Å². The van der Waals surface area contributed by atoms with E-state index in [0.717, 1.165) is 5.69 Å². The van der Waals surface area contributed by atoms with Gasteiger partial charge in [-0.25, -0.2) is 13.1 Å². The minimum Gasteiger partial charge on any atom is -0.322 e. The molecule has 0 spiro atoms. The molecule has 0 atom stereocenters. The van der Waals surface area contributed by atoms with Gasteiger partial charge in [0.05, 0.1) is 10.7 Å². The number of carbonyl (C=O) groups excluding carboxylic acids is 1. The van der Waals surface area contributed by atoms with Crippen molar-refractivity contribution in [2.75, 3.05) is 18.4 Å². The van der Waals surface area contributed by atoms with Crippen molar-refractivity contribution in [3.63, 3.8) is 0 Å². The molecule has 29 heavy (non-hydrogen) atoms. The Morgan fingerprint density at radius 2 is 1.90 bits per heavy atom. The summed E-state index contributed by atoms with van der Waals surface area (Å²) < 4.78 is 28.6. The second-order valence-electron chi connectivity index (χ2n) is 6.19. The van der Waals surface area contributed by atoms with Crippen LogP contribution in [0.1, 0.15) is 24.2 Å². The maximum Gasteiger partial charge on any atom is 0.255 e. The quantitative estimate of drug-likeness (QED) is 0.615. The van der Waals surface area contributed by atoms with Crippen LogP contribution in [0.25, 0.3) is 5.69 Å². The van der Waals surface area contributed by atoms with Crippen LogP contribution in [0, 0.1) is 0 Å². The number of rotatable bonds is 7. The number of benzene rings is 2. The van der Waals surface area contributed by atoms with Crippen molar-refractivity contribution < 1.29 is 13.2 Å². The molecule has 0 aliphatic rings. The Morgan fingerprint density at radius 3 is 2.55 bits per heavy atom. The molecule has 9 heteroatoms. The summed E-state index contributed by atoms with van der Waals surface area (Å²) in [5, 5.41) is 6.99. The van der Waals surface area contributed by atoms with Gasteiger partial charge in [0, 0.05) is 36.7 Å². The van der Waals surface area contributed by atoms with Crippen LogP contribution in [0.2, 0.25) is 5.02 Å². The highest BCUT2D eigenvalue weighted by Crippen LogP contribution is 2.28. The van der Waals surface area contributed by atoms with Crippen LogP contribution in [0.4, 0.5) is 5.69 Å². The molecule has 1 heterocycles. The molecule has 0 aliphatic heterocycles. The van der Waals surface area contributed by atoms with E-state index in [0.29, 0.717) is 24.3 Å². The summed E-state index contributed by atoms with van der Waals surface area (Å²) in [7, 11) is -3.75. The Labute approximate surface area is 175 Å². The van der Waals surface area contributed by atoms with Crippen molar-refractivity contribution in [2.45, 2.75) is 18.7 Å². The molecule has 0 unspecified atom stereocenters. The predicted molar refractivity (Wildman–Crippen MR) is 113 cm³/mol. The fourth-order valence-electron chi connectivity index (χ4n) is 2.90. The highest BCUT2D eigenvalue weighted by atomic mass is 35.5. The third-order valence-electron chi connectivity index (χ3n) is 4.39. The summed E-state index contributed by atoms with van der Waals surface area (Å²) in [6.07, 6.45) is 3.43. The number of anilines is 1. The highest BCUT2D eigenvalue weighted by Gasteiger charge is 2.25. The fraction of sp³-hybridized carbons (Fsp3) is 0.200. The van der Waals surface area contributed by atoms with E-state index in [1.807, 2.05) is 6.07 Å². The van der Waals surface area contributed by atoms with Gasteiger partial charge in [0.1, 0.15) is 4.90 Å². The van der Waals surface area contributed by atoms with Crippen LogP contribution in [0.5, 0.6) is 0 Å². The lowest BCUT2D eigenvalue weighted by molar-refractivity contribution is 0.102. The van der Waals surface area contributed by atoms with Crippen molar-refractivity contribution in [2.24, 2.45) is 0 Å². The largest absolute Gasteiger partial charge is 0.322 e. The molecule has 0 fully saturated rings. The summed E-state index contributed by atoms with van der Waals surface area (Å²) in [6.45, 7) is 4.16. The Morgan fingerprint density at radius 1 is 1.14 bits per heavy atom. The summed E-state index contributed by atoms with van der Waals surface area (Å²) >= 11 is 6.14. The van der Waals surface area contributed by atoms with Gasteiger partial charge >= 0.3 is 0 Å². The lowest BCUT2D eigenvalue weighted by Crippen LogP contribution is -2.30. The zero-order valence-electron chi connectivity index (χ0n) is 16.0. The van der Waals surface area contributed by atoms with Crippen LogP contribution in [-0.2, 0) is 10.0 Å². The van der Waals surface area contributed by atoms with Crippen molar-refractivity contribution in [3.8, 4) is 5.69 Å². The zero-order chi connectivity index (χ0) is 21.0. The number of halogens is 1. The molecule has 1 N–H and O–H groups in total. The molecule has 2 aromatic carbocycles. The molecule has 3 rings (SSSR count). The van der Waals surface area contributed by atoms with Crippen LogP contribution >= 0.6 is 11.6 Å². The van der Waals surface area contributed by atoms with E-state index in [-0.39, 0.29) is 15.8 Å². The fourth-order valence-corrected chi connectivity index (χ4v) is 4.85. The van der Waals surface area contributed by atoms with E-state index in [2.05, 4.69) is 10.4 Å². The van der Waals surface area contributed by atoms with Crippen molar-refractivity contribution in [1.82, 2.24) is 14.1 Å². The summed E-state index contributed by atoms with van der Waals surface area (Å²) in [5.74, 6) is -0.368. The molecule has 1 aromatic heterocycles. The monoisotopic (exact) mass is 432 g/mol. The summed E-state index contributed by atoms with van der Waals surface area (Å²) in [4.78, 5) is 12.7. The molecular formula is C20H21ClN4O3S. The van der Waals surface area contributed by atoms with Gasteiger partial charge in [-0.3, -0.25) is 4.79 Å². The number of aromatic nitrogens is 2. The number of hydrogen-bond donors (Lipinski definition) is 1. The van der Waals surface area contributed by atoms with Gasteiger partial charge in [0.15, 0.2) is 0 Å². The van der Waals surface area contributed by atoms with Crippen LogP contribution in [-0.4, -0.2) is 41.5 Å². The van der Waals surface area contributed by atoms with E-state index in [4.69, 9.17) is 11.6 Å². The molecule has 152 valence electrons. The molecule has 0 aliphatic carbocycles. The smallest absolute Gasteiger partial charge is 0.255 e. The minimum atomic E-state index is -3.75. The SMILES string of the molecule is CCN(CC)S(=O)(=O)c1cc(NC(=O)c2cccc(-n3cccn3)c2)ccc1Cl.